The van der Waals surface area contributed by atoms with E-state index in [1.807, 2.05) is 0 Å². The van der Waals surface area contributed by atoms with Crippen LogP contribution in [0.1, 0.15) is 65.7 Å². The molecule has 2 nitrogen and oxygen atoms in total. The van der Waals surface area contributed by atoms with Crippen LogP contribution in [-0.2, 0) is 9.53 Å². The highest BCUT2D eigenvalue weighted by Crippen LogP contribution is 2.35. The van der Waals surface area contributed by atoms with Crippen molar-refractivity contribution in [2.75, 3.05) is 0 Å². The van der Waals surface area contributed by atoms with Crippen molar-refractivity contribution in [3.63, 3.8) is 0 Å². The molecule has 0 radical (unpaired) electrons. The molecule has 2 aliphatic carbocycles. The second-order valence-corrected chi connectivity index (χ2v) is 6.78. The van der Waals surface area contributed by atoms with Crippen LogP contribution >= 0.6 is 0 Å². The van der Waals surface area contributed by atoms with Gasteiger partial charge in [-0.15, -0.1) is 0 Å². The molecule has 2 fully saturated rings. The van der Waals surface area contributed by atoms with Gasteiger partial charge in [-0.05, 0) is 62.7 Å². The minimum atomic E-state index is 0.0910. The summed E-state index contributed by atoms with van der Waals surface area (Å²) in [5.41, 5.74) is 0. The number of hydrogen-bond donors (Lipinski definition) is 0. The van der Waals surface area contributed by atoms with E-state index in [1.165, 1.54) is 19.3 Å². The van der Waals surface area contributed by atoms with Gasteiger partial charge in [0.05, 0.1) is 5.92 Å². The number of carbonyl (C=O) groups excluding carboxylic acids is 1. The molecule has 0 aromatic carbocycles. The number of ether oxygens (including phenoxy) is 1. The molecule has 0 amide bonds. The third-order valence-corrected chi connectivity index (χ3v) is 5.18. The zero-order valence-corrected chi connectivity index (χ0v) is 12.2. The van der Waals surface area contributed by atoms with Gasteiger partial charge < -0.3 is 4.74 Å². The van der Waals surface area contributed by atoms with E-state index in [2.05, 4.69) is 20.8 Å². The predicted octanol–water partition coefficient (Wildman–Crippen LogP) is 4.18. The highest BCUT2D eigenvalue weighted by Gasteiger charge is 2.32. The molecule has 3 atom stereocenters. The standard InChI is InChI=1S/C16H28O2/c1-11-4-8-15(9-5-11)18-16(17)14-7-6-12(2)13(3)10-14/h11-15H,4-10H2,1-3H3. The van der Waals surface area contributed by atoms with Gasteiger partial charge >= 0.3 is 5.97 Å². The van der Waals surface area contributed by atoms with Crippen LogP contribution < -0.4 is 0 Å². The zero-order valence-electron chi connectivity index (χ0n) is 12.2. The molecule has 3 unspecified atom stereocenters. The van der Waals surface area contributed by atoms with Crippen LogP contribution in [0.4, 0.5) is 0 Å². The summed E-state index contributed by atoms with van der Waals surface area (Å²) in [5, 5.41) is 0. The quantitative estimate of drug-likeness (QED) is 0.689. The third kappa shape index (κ3) is 3.49. The number of carbonyl (C=O) groups is 1. The first-order chi connectivity index (χ1) is 8.56. The maximum Gasteiger partial charge on any atom is 0.309 e. The van der Waals surface area contributed by atoms with E-state index in [1.54, 1.807) is 0 Å². The number of hydrogen-bond acceptors (Lipinski definition) is 2. The minimum absolute atomic E-state index is 0.0910. The van der Waals surface area contributed by atoms with Crippen molar-refractivity contribution in [1.82, 2.24) is 0 Å². The average molecular weight is 252 g/mol. The van der Waals surface area contributed by atoms with Crippen molar-refractivity contribution in [3.8, 4) is 0 Å². The Morgan fingerprint density at radius 3 is 2.17 bits per heavy atom. The van der Waals surface area contributed by atoms with Gasteiger partial charge in [0, 0.05) is 0 Å². The average Bonchev–Trinajstić information content (AvgIpc) is 2.35. The van der Waals surface area contributed by atoms with Crippen molar-refractivity contribution >= 4 is 5.97 Å². The molecule has 0 aliphatic heterocycles. The van der Waals surface area contributed by atoms with Crippen LogP contribution in [0.15, 0.2) is 0 Å². The lowest BCUT2D eigenvalue weighted by atomic mass is 9.76. The van der Waals surface area contributed by atoms with E-state index in [0.29, 0.717) is 5.92 Å². The van der Waals surface area contributed by atoms with Gasteiger partial charge in [-0.3, -0.25) is 4.79 Å². The summed E-state index contributed by atoms with van der Waals surface area (Å²) in [4.78, 5) is 12.2. The molecule has 0 spiro atoms. The Kier molecular flexibility index (Phi) is 4.69. The summed E-state index contributed by atoms with van der Waals surface area (Å²) < 4.78 is 5.72. The Morgan fingerprint density at radius 1 is 0.889 bits per heavy atom. The fraction of sp³-hybridized carbons (Fsp3) is 0.938. The van der Waals surface area contributed by atoms with Crippen molar-refractivity contribution < 1.29 is 9.53 Å². The van der Waals surface area contributed by atoms with Crippen LogP contribution in [0.3, 0.4) is 0 Å². The van der Waals surface area contributed by atoms with Gasteiger partial charge in [0.1, 0.15) is 6.10 Å². The van der Waals surface area contributed by atoms with E-state index < -0.39 is 0 Å². The van der Waals surface area contributed by atoms with Crippen LogP contribution in [0.25, 0.3) is 0 Å². The maximum atomic E-state index is 12.2. The molecule has 0 aromatic heterocycles. The molecule has 0 saturated heterocycles. The zero-order chi connectivity index (χ0) is 13.1. The van der Waals surface area contributed by atoms with E-state index in [0.717, 1.165) is 37.5 Å². The predicted molar refractivity (Wildman–Crippen MR) is 73.2 cm³/mol. The third-order valence-electron chi connectivity index (χ3n) is 5.18. The normalized spacial score (nSPS) is 41.4. The molecule has 18 heavy (non-hydrogen) atoms. The van der Waals surface area contributed by atoms with Gasteiger partial charge in [0.2, 0.25) is 0 Å². The summed E-state index contributed by atoms with van der Waals surface area (Å²) >= 11 is 0. The Morgan fingerprint density at radius 2 is 1.56 bits per heavy atom. The Balaban J connectivity index is 1.78. The minimum Gasteiger partial charge on any atom is -0.462 e. The van der Waals surface area contributed by atoms with Gasteiger partial charge in [-0.1, -0.05) is 20.8 Å². The molecule has 0 aromatic rings. The number of rotatable bonds is 2. The van der Waals surface area contributed by atoms with E-state index >= 15 is 0 Å². The molecule has 2 rings (SSSR count). The van der Waals surface area contributed by atoms with Crippen LogP contribution in [-0.4, -0.2) is 12.1 Å². The van der Waals surface area contributed by atoms with Gasteiger partial charge in [-0.25, -0.2) is 0 Å². The molecule has 0 heterocycles. The molecule has 2 heteroatoms. The molecular weight excluding hydrogens is 224 g/mol. The fourth-order valence-electron chi connectivity index (χ4n) is 3.37. The molecule has 104 valence electrons. The highest BCUT2D eigenvalue weighted by atomic mass is 16.5. The van der Waals surface area contributed by atoms with Gasteiger partial charge in [0.25, 0.3) is 0 Å². The number of esters is 1. The fourth-order valence-corrected chi connectivity index (χ4v) is 3.37. The lowest BCUT2D eigenvalue weighted by molar-refractivity contribution is -0.158. The Bertz CT molecular complexity index is 279. The molecule has 2 aliphatic rings. The smallest absolute Gasteiger partial charge is 0.309 e. The summed E-state index contributed by atoms with van der Waals surface area (Å²) in [6, 6.07) is 0. The second kappa shape index (κ2) is 6.08. The lowest BCUT2D eigenvalue weighted by Gasteiger charge is -2.32. The van der Waals surface area contributed by atoms with Crippen molar-refractivity contribution in [2.45, 2.75) is 71.8 Å². The van der Waals surface area contributed by atoms with Crippen LogP contribution in [0, 0.1) is 23.7 Å². The first kappa shape index (κ1) is 13.9. The molecule has 0 N–H and O–H groups in total. The van der Waals surface area contributed by atoms with E-state index in [9.17, 15) is 4.79 Å². The first-order valence-electron chi connectivity index (χ1n) is 7.76. The van der Waals surface area contributed by atoms with Gasteiger partial charge in [-0.2, -0.15) is 0 Å². The van der Waals surface area contributed by atoms with E-state index in [-0.39, 0.29) is 18.0 Å². The Labute approximate surface area is 111 Å². The maximum absolute atomic E-state index is 12.2. The summed E-state index contributed by atoms with van der Waals surface area (Å²) in [7, 11) is 0. The monoisotopic (exact) mass is 252 g/mol. The first-order valence-corrected chi connectivity index (χ1v) is 7.76. The van der Waals surface area contributed by atoms with E-state index in [4.69, 9.17) is 4.74 Å². The largest absolute Gasteiger partial charge is 0.462 e. The SMILES string of the molecule is CC1CCC(OC(=O)C2CCC(C)C(C)C2)CC1. The van der Waals surface area contributed by atoms with Gasteiger partial charge in [0.15, 0.2) is 0 Å². The lowest BCUT2D eigenvalue weighted by Crippen LogP contribution is -2.31. The summed E-state index contributed by atoms with van der Waals surface area (Å²) in [6.07, 6.45) is 8.05. The molecular formula is C16H28O2. The van der Waals surface area contributed by atoms with Crippen LogP contribution in [0.2, 0.25) is 0 Å². The second-order valence-electron chi connectivity index (χ2n) is 6.78. The molecule has 0 bridgehead atoms. The molecule has 2 saturated carbocycles. The van der Waals surface area contributed by atoms with Crippen molar-refractivity contribution in [2.24, 2.45) is 23.7 Å². The van der Waals surface area contributed by atoms with Crippen molar-refractivity contribution in [3.05, 3.63) is 0 Å². The summed E-state index contributed by atoms with van der Waals surface area (Å²) in [5.74, 6) is 2.52. The summed E-state index contributed by atoms with van der Waals surface area (Å²) in [6.45, 7) is 6.86. The van der Waals surface area contributed by atoms with Crippen LogP contribution in [0.5, 0.6) is 0 Å². The Hall–Kier alpha value is -0.530. The van der Waals surface area contributed by atoms with Crippen molar-refractivity contribution in [1.29, 1.82) is 0 Å². The topological polar surface area (TPSA) is 26.3 Å². The highest BCUT2D eigenvalue weighted by molar-refractivity contribution is 5.72.